The first kappa shape index (κ1) is 19.5. The predicted octanol–water partition coefficient (Wildman–Crippen LogP) is 5.63. The van der Waals surface area contributed by atoms with E-state index in [1.165, 1.54) is 0 Å². The van der Waals surface area contributed by atoms with E-state index in [-0.39, 0.29) is 10.8 Å². The number of fused-ring (bicyclic) bond motifs is 1. The lowest BCUT2D eigenvalue weighted by molar-refractivity contribution is 0.262. The molecular formula is C21H17ClN4O4. The summed E-state index contributed by atoms with van der Waals surface area (Å²) in [5.41, 5.74) is 1.83. The number of amides is 2. The molecule has 3 N–H and O–H groups in total. The van der Waals surface area contributed by atoms with Gasteiger partial charge in [0.25, 0.3) is 0 Å². The number of pyridine rings is 1. The smallest absolute Gasteiger partial charge is 0.324 e. The molecule has 4 aromatic rings. The number of ether oxygens (including phenoxy) is 1. The van der Waals surface area contributed by atoms with Crippen LogP contribution in [0.3, 0.4) is 0 Å². The average molecular weight is 425 g/mol. The first-order valence-corrected chi connectivity index (χ1v) is 9.34. The molecule has 30 heavy (non-hydrogen) atoms. The van der Waals surface area contributed by atoms with Crippen molar-refractivity contribution < 1.29 is 19.2 Å². The molecule has 0 saturated carbocycles. The van der Waals surface area contributed by atoms with E-state index in [0.29, 0.717) is 39.7 Å². The largest absolute Gasteiger partial charge is 0.508 e. The zero-order chi connectivity index (χ0) is 21.3. The first-order chi connectivity index (χ1) is 14.4. The number of nitrogens with zero attached hydrogens (tertiary/aromatic N) is 2. The summed E-state index contributed by atoms with van der Waals surface area (Å²) < 4.78 is 10.8. The number of halogens is 1. The molecule has 0 saturated heterocycles. The topological polar surface area (TPSA) is 110 Å². The van der Waals surface area contributed by atoms with Crippen molar-refractivity contribution in [3.63, 3.8) is 0 Å². The molecule has 8 nitrogen and oxygen atoms in total. The Labute approximate surface area is 176 Å². The van der Waals surface area contributed by atoms with Crippen molar-refractivity contribution in [3.8, 4) is 17.2 Å². The number of carbonyl (C=O) groups excluding carboxylic acids is 1. The van der Waals surface area contributed by atoms with E-state index in [4.69, 9.17) is 20.9 Å². The number of carbonyl (C=O) groups is 1. The van der Waals surface area contributed by atoms with Gasteiger partial charge < -0.3 is 19.7 Å². The second-order valence-corrected chi connectivity index (χ2v) is 7.02. The van der Waals surface area contributed by atoms with E-state index in [1.54, 1.807) is 62.5 Å². The van der Waals surface area contributed by atoms with Crippen molar-refractivity contribution in [2.24, 2.45) is 0 Å². The highest BCUT2D eigenvalue weighted by molar-refractivity contribution is 6.34. The number of aromatic hydroxyl groups is 1. The molecule has 0 aliphatic heterocycles. The van der Waals surface area contributed by atoms with Crippen LogP contribution in [0.5, 0.6) is 17.2 Å². The van der Waals surface area contributed by atoms with Crippen LogP contribution in [0.25, 0.3) is 10.9 Å². The number of hydrogen-bond donors (Lipinski definition) is 3. The number of phenols is 1. The average Bonchev–Trinajstić information content (AvgIpc) is 3.10. The molecule has 0 fully saturated rings. The van der Waals surface area contributed by atoms with Crippen molar-refractivity contribution in [1.82, 2.24) is 10.1 Å². The molecule has 4 rings (SSSR count). The van der Waals surface area contributed by atoms with Crippen LogP contribution >= 0.6 is 11.6 Å². The molecule has 0 radical (unpaired) electrons. The fourth-order valence-corrected chi connectivity index (χ4v) is 3.05. The summed E-state index contributed by atoms with van der Waals surface area (Å²) in [6, 6.07) is 11.1. The van der Waals surface area contributed by atoms with Crippen LogP contribution in [0, 0.1) is 13.8 Å². The summed E-state index contributed by atoms with van der Waals surface area (Å²) in [7, 11) is 0. The van der Waals surface area contributed by atoms with E-state index in [2.05, 4.69) is 20.8 Å². The Hall–Kier alpha value is -3.78. The van der Waals surface area contributed by atoms with Crippen molar-refractivity contribution in [2.75, 3.05) is 10.6 Å². The van der Waals surface area contributed by atoms with Crippen LogP contribution in [0.1, 0.15) is 11.3 Å². The zero-order valence-electron chi connectivity index (χ0n) is 16.1. The highest BCUT2D eigenvalue weighted by atomic mass is 35.5. The van der Waals surface area contributed by atoms with Crippen LogP contribution in [0.15, 0.2) is 53.2 Å². The van der Waals surface area contributed by atoms with Crippen molar-refractivity contribution in [1.29, 1.82) is 0 Å². The molecular weight excluding hydrogens is 408 g/mol. The predicted molar refractivity (Wildman–Crippen MR) is 114 cm³/mol. The van der Waals surface area contributed by atoms with Gasteiger partial charge in [0.15, 0.2) is 5.82 Å². The molecule has 9 heteroatoms. The maximum Gasteiger partial charge on any atom is 0.324 e. The fraction of sp³-hybridized carbons (Fsp3) is 0.0952. The first-order valence-electron chi connectivity index (χ1n) is 8.96. The minimum Gasteiger partial charge on any atom is -0.508 e. The van der Waals surface area contributed by atoms with Crippen LogP contribution in [0.4, 0.5) is 16.3 Å². The lowest BCUT2D eigenvalue weighted by Gasteiger charge is -2.12. The van der Waals surface area contributed by atoms with Crippen molar-refractivity contribution >= 4 is 40.0 Å². The molecule has 2 heterocycles. The number of anilines is 2. The highest BCUT2D eigenvalue weighted by Crippen LogP contribution is 2.35. The highest BCUT2D eigenvalue weighted by Gasteiger charge is 2.12. The molecule has 2 aromatic heterocycles. The van der Waals surface area contributed by atoms with Gasteiger partial charge in [0.05, 0.1) is 16.2 Å². The molecule has 2 aromatic carbocycles. The van der Waals surface area contributed by atoms with Gasteiger partial charge in [-0.3, -0.25) is 10.3 Å². The van der Waals surface area contributed by atoms with Gasteiger partial charge >= 0.3 is 6.03 Å². The summed E-state index contributed by atoms with van der Waals surface area (Å²) in [6.45, 7) is 3.52. The normalized spacial score (nSPS) is 10.8. The maximum atomic E-state index is 12.1. The van der Waals surface area contributed by atoms with Gasteiger partial charge in [-0.15, -0.1) is 0 Å². The summed E-state index contributed by atoms with van der Waals surface area (Å²) >= 11 is 6.30. The van der Waals surface area contributed by atoms with Gasteiger partial charge in [-0.05, 0) is 49.7 Å². The monoisotopic (exact) mass is 424 g/mol. The maximum absolute atomic E-state index is 12.1. The lowest BCUT2D eigenvalue weighted by Crippen LogP contribution is -2.19. The Morgan fingerprint density at radius 2 is 1.97 bits per heavy atom. The van der Waals surface area contributed by atoms with Gasteiger partial charge in [-0.1, -0.05) is 16.8 Å². The number of phenolic OH excluding ortho intramolecular Hbond substituents is 1. The molecule has 0 aliphatic rings. The molecule has 0 atom stereocenters. The van der Waals surface area contributed by atoms with E-state index < -0.39 is 6.03 Å². The van der Waals surface area contributed by atoms with Crippen molar-refractivity contribution in [3.05, 3.63) is 65.0 Å². The van der Waals surface area contributed by atoms with Gasteiger partial charge in [0.1, 0.15) is 23.0 Å². The second-order valence-electron chi connectivity index (χ2n) is 6.61. The lowest BCUT2D eigenvalue weighted by atomic mass is 10.1. The van der Waals surface area contributed by atoms with Crippen LogP contribution in [-0.4, -0.2) is 21.3 Å². The number of benzene rings is 2. The third kappa shape index (κ3) is 4.13. The number of aryl methyl sites for hydroxylation is 2. The minimum atomic E-state index is -0.509. The Morgan fingerprint density at radius 3 is 2.70 bits per heavy atom. The molecule has 2 amide bonds. The standard InChI is InChI=1S/C21H17ClN4O4/c1-11-7-17-14(10-18(11)27)19(5-6-23-17)29-13-3-4-16(15(22)9-13)24-21(28)25-20-8-12(2)30-26-20/h3-10,27H,1-2H3,(H2,24,25,26,28). The van der Waals surface area contributed by atoms with Crippen LogP contribution in [-0.2, 0) is 0 Å². The number of nitrogens with one attached hydrogen (secondary N) is 2. The van der Waals surface area contributed by atoms with E-state index in [9.17, 15) is 9.90 Å². The quantitative estimate of drug-likeness (QED) is 0.391. The Kier molecular flexibility index (Phi) is 5.16. The number of aromatic nitrogens is 2. The van der Waals surface area contributed by atoms with Crippen LogP contribution < -0.4 is 15.4 Å². The summed E-state index contributed by atoms with van der Waals surface area (Å²) in [4.78, 5) is 16.4. The third-order valence-electron chi connectivity index (χ3n) is 4.31. The Morgan fingerprint density at radius 1 is 1.13 bits per heavy atom. The number of hydrogen-bond acceptors (Lipinski definition) is 6. The summed E-state index contributed by atoms with van der Waals surface area (Å²) in [6.07, 6.45) is 1.63. The van der Waals surface area contributed by atoms with Gasteiger partial charge in [-0.25, -0.2) is 4.79 Å². The molecule has 0 spiro atoms. The molecule has 152 valence electrons. The molecule has 0 unspecified atom stereocenters. The summed E-state index contributed by atoms with van der Waals surface area (Å²) in [5, 5.41) is 19.9. The van der Waals surface area contributed by atoms with Crippen LogP contribution in [0.2, 0.25) is 5.02 Å². The SMILES string of the molecule is Cc1cc(NC(=O)Nc2ccc(Oc3ccnc4cc(C)c(O)cc34)cc2Cl)no1. The van der Waals surface area contributed by atoms with E-state index in [0.717, 1.165) is 5.56 Å². The van der Waals surface area contributed by atoms with Crippen molar-refractivity contribution in [2.45, 2.75) is 13.8 Å². The minimum absolute atomic E-state index is 0.159. The van der Waals surface area contributed by atoms with Gasteiger partial charge in [-0.2, -0.15) is 0 Å². The third-order valence-corrected chi connectivity index (χ3v) is 4.62. The summed E-state index contributed by atoms with van der Waals surface area (Å²) in [5.74, 6) is 2.02. The molecule has 0 aliphatic carbocycles. The van der Waals surface area contributed by atoms with Gasteiger partial charge in [0.2, 0.25) is 0 Å². The number of rotatable bonds is 4. The fourth-order valence-electron chi connectivity index (χ4n) is 2.83. The number of urea groups is 1. The Balaban J connectivity index is 1.52. The Bertz CT molecular complexity index is 1260. The van der Waals surface area contributed by atoms with E-state index in [1.807, 2.05) is 0 Å². The molecule has 0 bridgehead atoms. The second kappa shape index (κ2) is 7.92. The zero-order valence-corrected chi connectivity index (χ0v) is 16.8. The van der Waals surface area contributed by atoms with E-state index >= 15 is 0 Å². The van der Waals surface area contributed by atoms with Gasteiger partial charge in [0, 0.05) is 23.7 Å².